The number of pyridine rings is 1. The number of ether oxygens (including phenoxy) is 1. The molecule has 5 nitrogen and oxygen atoms in total. The Bertz CT molecular complexity index is 1040. The van der Waals surface area contributed by atoms with Crippen LogP contribution in [0.2, 0.25) is 0 Å². The molecule has 1 aromatic heterocycles. The zero-order chi connectivity index (χ0) is 21.7. The van der Waals surface area contributed by atoms with Gasteiger partial charge in [0.1, 0.15) is 0 Å². The molecule has 0 radical (unpaired) electrons. The van der Waals surface area contributed by atoms with Gasteiger partial charge >= 0.3 is 6.09 Å². The number of aromatic nitrogens is 1. The van der Waals surface area contributed by atoms with Gasteiger partial charge in [0.2, 0.25) is 0 Å². The standard InChI is InChI=1S/C25H31N3O2.2ClH/c1-16(2)13-23-21(15-26)24(19-8-5-17(3)6-9-19)20-14-18(7-10-22(20)28-23)11-12-27-25(29)30-4;;/h5-10,14,16H,11-13,15,26H2,1-4H3,(H,27,29);2*1H. The van der Waals surface area contributed by atoms with Crippen molar-refractivity contribution in [2.75, 3.05) is 13.7 Å². The fraction of sp³-hybridized carbons (Fsp3) is 0.360. The number of nitrogens with one attached hydrogen (secondary N) is 1. The summed E-state index contributed by atoms with van der Waals surface area (Å²) >= 11 is 0. The number of amides is 1. The molecular weight excluding hydrogens is 445 g/mol. The van der Waals surface area contributed by atoms with E-state index in [2.05, 4.69) is 73.3 Å². The number of nitrogens with two attached hydrogens (primary N) is 1. The molecule has 3 rings (SSSR count). The summed E-state index contributed by atoms with van der Waals surface area (Å²) < 4.78 is 4.65. The minimum atomic E-state index is -0.415. The molecular formula is C25H33Cl2N3O2. The molecule has 0 unspecified atom stereocenters. The van der Waals surface area contributed by atoms with Gasteiger partial charge in [-0.2, -0.15) is 0 Å². The van der Waals surface area contributed by atoms with E-state index < -0.39 is 6.09 Å². The number of aryl methyl sites for hydroxylation is 1. The van der Waals surface area contributed by atoms with Crippen molar-refractivity contribution in [3.8, 4) is 11.1 Å². The number of methoxy groups -OCH3 is 1. The molecule has 0 aliphatic carbocycles. The van der Waals surface area contributed by atoms with Gasteiger partial charge in [0.15, 0.2) is 0 Å². The predicted octanol–water partition coefficient (Wildman–Crippen LogP) is 5.61. The highest BCUT2D eigenvalue weighted by molar-refractivity contribution is 5.97. The van der Waals surface area contributed by atoms with E-state index in [1.54, 1.807) is 0 Å². The molecule has 0 saturated heterocycles. The first-order valence-electron chi connectivity index (χ1n) is 10.5. The lowest BCUT2D eigenvalue weighted by molar-refractivity contribution is 0.171. The number of hydrogen-bond acceptors (Lipinski definition) is 4. The average Bonchev–Trinajstić information content (AvgIpc) is 2.73. The molecule has 1 heterocycles. The van der Waals surface area contributed by atoms with Crippen molar-refractivity contribution in [3.05, 3.63) is 64.8 Å². The summed E-state index contributed by atoms with van der Waals surface area (Å²) in [6, 6.07) is 14.9. The maximum absolute atomic E-state index is 11.3. The number of carbonyl (C=O) groups is 1. The second-order valence-corrected chi connectivity index (χ2v) is 8.10. The van der Waals surface area contributed by atoms with E-state index in [1.807, 2.05) is 0 Å². The number of benzene rings is 2. The van der Waals surface area contributed by atoms with E-state index in [4.69, 9.17) is 10.7 Å². The topological polar surface area (TPSA) is 77.2 Å². The summed E-state index contributed by atoms with van der Waals surface area (Å²) in [6.07, 6.45) is 1.19. The van der Waals surface area contributed by atoms with Crippen LogP contribution in [-0.4, -0.2) is 24.7 Å². The largest absolute Gasteiger partial charge is 0.453 e. The van der Waals surface area contributed by atoms with Crippen molar-refractivity contribution < 1.29 is 9.53 Å². The lowest BCUT2D eigenvalue weighted by Gasteiger charge is -2.18. The van der Waals surface area contributed by atoms with Crippen LogP contribution >= 0.6 is 24.8 Å². The third kappa shape index (κ3) is 6.58. The van der Waals surface area contributed by atoms with Crippen LogP contribution in [-0.2, 0) is 24.1 Å². The van der Waals surface area contributed by atoms with Gasteiger partial charge in [-0.3, -0.25) is 4.98 Å². The van der Waals surface area contributed by atoms with Crippen LogP contribution < -0.4 is 11.1 Å². The van der Waals surface area contributed by atoms with Gasteiger partial charge in [-0.25, -0.2) is 4.79 Å². The smallest absolute Gasteiger partial charge is 0.406 e. The van der Waals surface area contributed by atoms with Crippen LogP contribution in [0.3, 0.4) is 0 Å². The van der Waals surface area contributed by atoms with Crippen molar-refractivity contribution in [2.24, 2.45) is 11.7 Å². The minimum absolute atomic E-state index is 0. The summed E-state index contributed by atoms with van der Waals surface area (Å²) in [4.78, 5) is 16.3. The Kier molecular flexibility index (Phi) is 10.9. The molecule has 0 fully saturated rings. The van der Waals surface area contributed by atoms with E-state index >= 15 is 0 Å². The number of fused-ring (bicyclic) bond motifs is 1. The highest BCUT2D eigenvalue weighted by atomic mass is 35.5. The molecule has 174 valence electrons. The van der Waals surface area contributed by atoms with Crippen LogP contribution in [0, 0.1) is 12.8 Å². The van der Waals surface area contributed by atoms with Crippen molar-refractivity contribution >= 4 is 41.8 Å². The first-order valence-corrected chi connectivity index (χ1v) is 10.5. The summed E-state index contributed by atoms with van der Waals surface area (Å²) in [6.45, 7) is 7.46. The van der Waals surface area contributed by atoms with Gasteiger partial charge in [-0.05, 0) is 60.1 Å². The summed E-state index contributed by atoms with van der Waals surface area (Å²) in [5, 5.41) is 3.84. The maximum atomic E-state index is 11.3. The molecule has 0 bridgehead atoms. The Balaban J connectivity index is 0.00000256. The molecule has 0 saturated carbocycles. The van der Waals surface area contributed by atoms with E-state index in [9.17, 15) is 4.79 Å². The molecule has 2 aromatic carbocycles. The summed E-state index contributed by atoms with van der Waals surface area (Å²) in [5.41, 5.74) is 14.1. The lowest BCUT2D eigenvalue weighted by Crippen LogP contribution is -2.25. The first kappa shape index (κ1) is 27.7. The van der Waals surface area contributed by atoms with Crippen LogP contribution in [0.1, 0.15) is 36.2 Å². The fourth-order valence-electron chi connectivity index (χ4n) is 3.76. The van der Waals surface area contributed by atoms with Crippen LogP contribution in [0.25, 0.3) is 22.0 Å². The highest BCUT2D eigenvalue weighted by Gasteiger charge is 2.17. The third-order valence-electron chi connectivity index (χ3n) is 5.25. The molecule has 7 heteroatoms. The van der Waals surface area contributed by atoms with Crippen LogP contribution in [0.15, 0.2) is 42.5 Å². The molecule has 32 heavy (non-hydrogen) atoms. The summed E-state index contributed by atoms with van der Waals surface area (Å²) in [7, 11) is 1.37. The molecule has 0 aliphatic heterocycles. The molecule has 0 spiro atoms. The van der Waals surface area contributed by atoms with Gasteiger partial charge in [-0.15, -0.1) is 24.8 Å². The maximum Gasteiger partial charge on any atom is 0.406 e. The average molecular weight is 478 g/mol. The second-order valence-electron chi connectivity index (χ2n) is 8.10. The number of hydrogen-bond donors (Lipinski definition) is 2. The van der Waals surface area contributed by atoms with Crippen LogP contribution in [0.5, 0.6) is 0 Å². The molecule has 3 aromatic rings. The molecule has 1 amide bonds. The normalized spacial score (nSPS) is 10.4. The number of nitrogens with zero attached hydrogens (tertiary/aromatic N) is 1. The number of halogens is 2. The quantitative estimate of drug-likeness (QED) is 0.463. The fourth-order valence-corrected chi connectivity index (χ4v) is 3.76. The Hall–Kier alpha value is -2.34. The zero-order valence-electron chi connectivity index (χ0n) is 19.1. The predicted molar refractivity (Wildman–Crippen MR) is 137 cm³/mol. The Labute approximate surface area is 203 Å². The van der Waals surface area contributed by atoms with Crippen LogP contribution in [0.4, 0.5) is 4.79 Å². The van der Waals surface area contributed by atoms with E-state index in [0.29, 0.717) is 25.4 Å². The Morgan fingerprint density at radius 1 is 1.12 bits per heavy atom. The summed E-state index contributed by atoms with van der Waals surface area (Å²) in [5.74, 6) is 0.495. The van der Waals surface area contributed by atoms with Crippen molar-refractivity contribution in [1.29, 1.82) is 0 Å². The van der Waals surface area contributed by atoms with Crippen molar-refractivity contribution in [2.45, 2.75) is 40.2 Å². The monoisotopic (exact) mass is 477 g/mol. The SMILES string of the molecule is COC(=O)NCCc1ccc2nc(CC(C)C)c(CN)c(-c3ccc(C)cc3)c2c1.Cl.Cl. The Morgan fingerprint density at radius 3 is 2.41 bits per heavy atom. The van der Waals surface area contributed by atoms with E-state index in [0.717, 1.165) is 39.7 Å². The molecule has 0 atom stereocenters. The minimum Gasteiger partial charge on any atom is -0.453 e. The van der Waals surface area contributed by atoms with Gasteiger partial charge in [0.05, 0.1) is 12.6 Å². The molecule has 3 N–H and O–H groups in total. The lowest BCUT2D eigenvalue weighted by atomic mass is 9.90. The molecule has 0 aliphatic rings. The number of rotatable bonds is 7. The van der Waals surface area contributed by atoms with Gasteiger partial charge in [-0.1, -0.05) is 49.7 Å². The Morgan fingerprint density at radius 2 is 1.81 bits per heavy atom. The van der Waals surface area contributed by atoms with Crippen molar-refractivity contribution in [3.63, 3.8) is 0 Å². The zero-order valence-corrected chi connectivity index (χ0v) is 20.7. The highest BCUT2D eigenvalue weighted by Crippen LogP contribution is 2.34. The van der Waals surface area contributed by atoms with Gasteiger partial charge in [0, 0.05) is 24.2 Å². The number of alkyl carbamates (subject to hydrolysis) is 1. The van der Waals surface area contributed by atoms with Gasteiger partial charge in [0.25, 0.3) is 0 Å². The van der Waals surface area contributed by atoms with E-state index in [1.165, 1.54) is 18.2 Å². The van der Waals surface area contributed by atoms with E-state index in [-0.39, 0.29) is 24.8 Å². The number of carbonyl (C=O) groups excluding carboxylic acids is 1. The van der Waals surface area contributed by atoms with Crippen molar-refractivity contribution in [1.82, 2.24) is 10.3 Å². The first-order chi connectivity index (χ1) is 14.4. The third-order valence-corrected chi connectivity index (χ3v) is 5.25. The second kappa shape index (κ2) is 12.6. The van der Waals surface area contributed by atoms with Gasteiger partial charge < -0.3 is 15.8 Å².